The van der Waals surface area contributed by atoms with Gasteiger partial charge in [-0.25, -0.2) is 13.4 Å². The van der Waals surface area contributed by atoms with Gasteiger partial charge in [0.25, 0.3) is 10.0 Å². The third-order valence-electron chi connectivity index (χ3n) is 4.85. The molecular weight excluding hydrogens is 310 g/mol. The van der Waals surface area contributed by atoms with E-state index in [9.17, 15) is 8.42 Å². The topological polar surface area (TPSA) is 55.2 Å². The Labute approximate surface area is 137 Å². The quantitative estimate of drug-likeness (QED) is 0.869. The van der Waals surface area contributed by atoms with Crippen LogP contribution in [0, 0.1) is 0 Å². The van der Waals surface area contributed by atoms with Crippen LogP contribution in [0.15, 0.2) is 41.6 Å². The zero-order valence-corrected chi connectivity index (χ0v) is 13.9. The Kier molecular flexibility index (Phi) is 3.73. The first-order chi connectivity index (χ1) is 11.2. The van der Waals surface area contributed by atoms with Gasteiger partial charge in [-0.05, 0) is 31.2 Å². The number of benzene rings is 1. The first kappa shape index (κ1) is 14.9. The second kappa shape index (κ2) is 5.76. The van der Waals surface area contributed by atoms with Gasteiger partial charge in [0.1, 0.15) is 5.82 Å². The molecule has 0 aliphatic carbocycles. The first-order valence-corrected chi connectivity index (χ1v) is 9.73. The van der Waals surface area contributed by atoms with Crippen LogP contribution in [0.25, 0.3) is 0 Å². The Morgan fingerprint density at radius 1 is 1.04 bits per heavy atom. The fourth-order valence-corrected chi connectivity index (χ4v) is 5.32. The Balaban J connectivity index is 1.69. The van der Waals surface area contributed by atoms with Crippen molar-refractivity contribution in [3.8, 4) is 0 Å². The van der Waals surface area contributed by atoms with Crippen molar-refractivity contribution in [3.05, 3.63) is 47.9 Å². The molecule has 0 saturated carbocycles. The van der Waals surface area contributed by atoms with Gasteiger partial charge in [-0.1, -0.05) is 30.3 Å². The van der Waals surface area contributed by atoms with Gasteiger partial charge in [0.05, 0.1) is 6.04 Å². The maximum absolute atomic E-state index is 13.1. The molecule has 4 rings (SSSR count). The molecule has 23 heavy (non-hydrogen) atoms. The van der Waals surface area contributed by atoms with Crippen LogP contribution in [0.5, 0.6) is 0 Å². The van der Waals surface area contributed by atoms with Crippen molar-refractivity contribution in [2.24, 2.45) is 0 Å². The second-order valence-electron chi connectivity index (χ2n) is 6.33. The van der Waals surface area contributed by atoms with E-state index in [0.717, 1.165) is 50.0 Å². The number of hydrogen-bond acceptors (Lipinski definition) is 3. The highest BCUT2D eigenvalue weighted by Crippen LogP contribution is 2.36. The molecule has 0 amide bonds. The molecule has 3 heterocycles. The van der Waals surface area contributed by atoms with Crippen LogP contribution in [0.2, 0.25) is 0 Å². The SMILES string of the molecule is O=S(=O)(c1cn2c(n1)CCCC2)N1CCCC1c1ccccc1. The van der Waals surface area contributed by atoms with Gasteiger partial charge in [-0.2, -0.15) is 4.31 Å². The minimum Gasteiger partial charge on any atom is -0.333 e. The summed E-state index contributed by atoms with van der Waals surface area (Å²) in [5.74, 6) is 0.908. The summed E-state index contributed by atoms with van der Waals surface area (Å²) in [6.45, 7) is 1.45. The monoisotopic (exact) mass is 331 g/mol. The normalized spacial score (nSPS) is 22.2. The first-order valence-electron chi connectivity index (χ1n) is 8.29. The Bertz CT molecular complexity index is 775. The maximum Gasteiger partial charge on any atom is 0.262 e. The van der Waals surface area contributed by atoms with Crippen LogP contribution >= 0.6 is 0 Å². The molecule has 2 aliphatic heterocycles. The minimum atomic E-state index is -3.53. The molecule has 1 aromatic carbocycles. The van der Waals surface area contributed by atoms with Crippen LogP contribution in [0.3, 0.4) is 0 Å². The summed E-state index contributed by atoms with van der Waals surface area (Å²) in [5.41, 5.74) is 1.07. The zero-order valence-electron chi connectivity index (χ0n) is 13.1. The molecule has 2 aliphatic rings. The lowest BCUT2D eigenvalue weighted by Gasteiger charge is -2.23. The van der Waals surface area contributed by atoms with Crippen LogP contribution in [-0.2, 0) is 23.0 Å². The van der Waals surface area contributed by atoms with E-state index in [0.29, 0.717) is 6.54 Å². The van der Waals surface area contributed by atoms with E-state index in [1.807, 2.05) is 34.9 Å². The largest absolute Gasteiger partial charge is 0.333 e. The number of imidazole rings is 1. The van der Waals surface area contributed by atoms with E-state index >= 15 is 0 Å². The molecule has 1 saturated heterocycles. The van der Waals surface area contributed by atoms with Gasteiger partial charge in [0.2, 0.25) is 0 Å². The van der Waals surface area contributed by atoms with E-state index in [1.165, 1.54) is 0 Å². The number of fused-ring (bicyclic) bond motifs is 1. The van der Waals surface area contributed by atoms with Gasteiger partial charge in [-0.3, -0.25) is 0 Å². The van der Waals surface area contributed by atoms with Crippen LogP contribution < -0.4 is 0 Å². The molecular formula is C17H21N3O2S. The van der Waals surface area contributed by atoms with Crippen LogP contribution in [-0.4, -0.2) is 28.8 Å². The molecule has 1 unspecified atom stereocenters. The Hall–Kier alpha value is -1.66. The molecule has 0 spiro atoms. The standard InChI is InChI=1S/C17H21N3O2S/c21-23(22,17-13-19-11-5-4-10-16(19)18-17)20-12-6-9-15(20)14-7-2-1-3-8-14/h1-3,7-8,13,15H,4-6,9-12H2. The number of nitrogens with zero attached hydrogens (tertiary/aromatic N) is 3. The van der Waals surface area contributed by atoms with Crippen molar-refractivity contribution in [2.75, 3.05) is 6.54 Å². The molecule has 122 valence electrons. The maximum atomic E-state index is 13.1. The zero-order chi connectivity index (χ0) is 15.9. The van der Waals surface area contributed by atoms with Gasteiger partial charge in [0, 0.05) is 25.7 Å². The second-order valence-corrected chi connectivity index (χ2v) is 8.17. The lowest BCUT2D eigenvalue weighted by molar-refractivity contribution is 0.395. The third-order valence-corrected chi connectivity index (χ3v) is 6.63. The summed E-state index contributed by atoms with van der Waals surface area (Å²) in [6, 6.07) is 9.84. The molecule has 2 aromatic rings. The summed E-state index contributed by atoms with van der Waals surface area (Å²) in [7, 11) is -3.53. The van der Waals surface area contributed by atoms with Crippen molar-refractivity contribution in [2.45, 2.75) is 49.7 Å². The highest BCUT2D eigenvalue weighted by Gasteiger charge is 2.37. The van der Waals surface area contributed by atoms with Crippen molar-refractivity contribution >= 4 is 10.0 Å². The Morgan fingerprint density at radius 2 is 1.87 bits per heavy atom. The van der Waals surface area contributed by atoms with Gasteiger partial charge >= 0.3 is 0 Å². The molecule has 0 bridgehead atoms. The van der Waals surface area contributed by atoms with E-state index in [4.69, 9.17) is 0 Å². The van der Waals surface area contributed by atoms with Crippen LogP contribution in [0.4, 0.5) is 0 Å². The summed E-state index contributed by atoms with van der Waals surface area (Å²) in [6.07, 6.45) is 6.55. The van der Waals surface area contributed by atoms with Crippen LogP contribution in [0.1, 0.15) is 43.1 Å². The number of aromatic nitrogens is 2. The van der Waals surface area contributed by atoms with E-state index in [1.54, 1.807) is 10.5 Å². The van der Waals surface area contributed by atoms with Crippen molar-refractivity contribution in [3.63, 3.8) is 0 Å². The fraction of sp³-hybridized carbons (Fsp3) is 0.471. The molecule has 1 atom stereocenters. The highest BCUT2D eigenvalue weighted by molar-refractivity contribution is 7.89. The van der Waals surface area contributed by atoms with Crippen molar-refractivity contribution in [1.82, 2.24) is 13.9 Å². The smallest absolute Gasteiger partial charge is 0.262 e. The summed E-state index contributed by atoms with van der Waals surface area (Å²) >= 11 is 0. The van der Waals surface area contributed by atoms with Crippen molar-refractivity contribution < 1.29 is 8.42 Å². The Morgan fingerprint density at radius 3 is 2.65 bits per heavy atom. The van der Waals surface area contributed by atoms with Crippen molar-refractivity contribution in [1.29, 1.82) is 0 Å². The van der Waals surface area contributed by atoms with Gasteiger partial charge in [0.15, 0.2) is 5.03 Å². The lowest BCUT2D eigenvalue weighted by atomic mass is 10.1. The highest BCUT2D eigenvalue weighted by atomic mass is 32.2. The minimum absolute atomic E-state index is 0.0695. The number of hydrogen-bond donors (Lipinski definition) is 0. The van der Waals surface area contributed by atoms with E-state index in [2.05, 4.69) is 4.98 Å². The van der Waals surface area contributed by atoms with Gasteiger partial charge in [-0.15, -0.1) is 0 Å². The molecule has 1 aromatic heterocycles. The summed E-state index contributed by atoms with van der Waals surface area (Å²) in [4.78, 5) is 4.43. The average molecular weight is 331 g/mol. The fourth-order valence-electron chi connectivity index (χ4n) is 3.67. The molecule has 6 heteroatoms. The lowest BCUT2D eigenvalue weighted by Crippen LogP contribution is -2.31. The molecule has 0 radical (unpaired) electrons. The number of rotatable bonds is 3. The predicted molar refractivity (Wildman–Crippen MR) is 87.5 cm³/mol. The van der Waals surface area contributed by atoms with E-state index in [-0.39, 0.29) is 11.1 Å². The predicted octanol–water partition coefficient (Wildman–Crippen LogP) is 2.75. The third kappa shape index (κ3) is 2.60. The van der Waals surface area contributed by atoms with E-state index < -0.39 is 10.0 Å². The van der Waals surface area contributed by atoms with Gasteiger partial charge < -0.3 is 4.57 Å². The average Bonchev–Trinajstić information content (AvgIpc) is 3.23. The number of sulfonamides is 1. The summed E-state index contributed by atoms with van der Waals surface area (Å²) < 4.78 is 29.8. The summed E-state index contributed by atoms with van der Waals surface area (Å²) in [5, 5.41) is 0.220. The molecule has 1 fully saturated rings. The number of aryl methyl sites for hydroxylation is 2. The molecule has 5 nitrogen and oxygen atoms in total. The molecule has 0 N–H and O–H groups in total.